The molecule has 21 heavy (non-hydrogen) atoms. The molecule has 0 saturated heterocycles. The maximum Gasteiger partial charge on any atom is 0.0209 e. The highest BCUT2D eigenvalue weighted by molar-refractivity contribution is 8.00. The summed E-state index contributed by atoms with van der Waals surface area (Å²) in [6, 6.07) is 11.9. The number of thioether (sulfide) groups is 1. The average molecular weight is 304 g/mol. The molecule has 2 fully saturated rings. The zero-order valence-electron chi connectivity index (χ0n) is 13.3. The Morgan fingerprint density at radius 2 is 1.81 bits per heavy atom. The van der Waals surface area contributed by atoms with E-state index in [1.54, 1.807) is 5.56 Å². The topological polar surface area (TPSA) is 12.0 Å². The Morgan fingerprint density at radius 1 is 1.05 bits per heavy atom. The van der Waals surface area contributed by atoms with Gasteiger partial charge in [0.15, 0.2) is 0 Å². The molecule has 2 aliphatic rings. The van der Waals surface area contributed by atoms with Crippen LogP contribution < -0.4 is 5.32 Å². The van der Waals surface area contributed by atoms with Crippen LogP contribution in [0.1, 0.15) is 63.4 Å². The maximum atomic E-state index is 3.76. The molecule has 0 bridgehead atoms. The van der Waals surface area contributed by atoms with E-state index in [4.69, 9.17) is 0 Å². The van der Waals surface area contributed by atoms with Crippen LogP contribution in [0.15, 0.2) is 30.3 Å². The van der Waals surface area contributed by atoms with Crippen molar-refractivity contribution in [2.45, 2.75) is 74.3 Å². The Morgan fingerprint density at radius 3 is 2.52 bits per heavy atom. The Bertz CT molecular complexity index is 413. The molecule has 3 unspecified atom stereocenters. The summed E-state index contributed by atoms with van der Waals surface area (Å²) in [6.45, 7) is 3.36. The summed E-state index contributed by atoms with van der Waals surface area (Å²) in [5, 5.41) is 5.51. The highest BCUT2D eigenvalue weighted by Crippen LogP contribution is 2.42. The first kappa shape index (κ1) is 15.4. The van der Waals surface area contributed by atoms with E-state index in [1.807, 2.05) is 0 Å². The quantitative estimate of drug-likeness (QED) is 0.823. The van der Waals surface area contributed by atoms with Gasteiger partial charge in [0.1, 0.15) is 0 Å². The van der Waals surface area contributed by atoms with Crippen LogP contribution in [0.5, 0.6) is 0 Å². The van der Waals surface area contributed by atoms with Gasteiger partial charge in [0, 0.05) is 16.5 Å². The Labute approximate surface area is 134 Å². The van der Waals surface area contributed by atoms with Gasteiger partial charge in [-0.1, -0.05) is 50.1 Å². The molecule has 1 aromatic carbocycles. The number of hydrogen-bond donors (Lipinski definition) is 1. The van der Waals surface area contributed by atoms with Gasteiger partial charge >= 0.3 is 0 Å². The van der Waals surface area contributed by atoms with Gasteiger partial charge in [0.2, 0.25) is 0 Å². The van der Waals surface area contributed by atoms with Crippen molar-refractivity contribution in [2.75, 3.05) is 6.54 Å². The maximum absolute atomic E-state index is 3.76. The monoisotopic (exact) mass is 303 g/mol. The molecule has 1 nitrogen and oxygen atoms in total. The molecule has 1 N–H and O–H groups in total. The lowest BCUT2D eigenvalue weighted by Crippen LogP contribution is -2.42. The van der Waals surface area contributed by atoms with Gasteiger partial charge in [-0.3, -0.25) is 0 Å². The zero-order valence-corrected chi connectivity index (χ0v) is 14.1. The highest BCUT2D eigenvalue weighted by atomic mass is 32.2. The minimum atomic E-state index is 0.737. The van der Waals surface area contributed by atoms with Crippen LogP contribution in [-0.2, 0) is 0 Å². The molecule has 3 rings (SSSR count). The van der Waals surface area contributed by atoms with E-state index in [2.05, 4.69) is 54.3 Å². The van der Waals surface area contributed by atoms with Crippen molar-refractivity contribution in [1.29, 1.82) is 0 Å². The molecule has 116 valence electrons. The van der Waals surface area contributed by atoms with Crippen molar-refractivity contribution in [1.82, 2.24) is 5.32 Å². The second-order valence-electron chi connectivity index (χ2n) is 6.67. The molecule has 0 heterocycles. The summed E-state index contributed by atoms with van der Waals surface area (Å²) in [7, 11) is 0. The van der Waals surface area contributed by atoms with E-state index < -0.39 is 0 Å². The van der Waals surface area contributed by atoms with Crippen molar-refractivity contribution in [2.24, 2.45) is 0 Å². The second kappa shape index (κ2) is 7.69. The van der Waals surface area contributed by atoms with Gasteiger partial charge < -0.3 is 5.32 Å². The van der Waals surface area contributed by atoms with E-state index in [1.165, 1.54) is 44.9 Å². The van der Waals surface area contributed by atoms with Gasteiger partial charge in [-0.2, -0.15) is 11.8 Å². The fourth-order valence-electron chi connectivity index (χ4n) is 4.07. The van der Waals surface area contributed by atoms with Crippen LogP contribution in [-0.4, -0.2) is 23.1 Å². The molecule has 2 heteroatoms. The van der Waals surface area contributed by atoms with Gasteiger partial charge in [-0.05, 0) is 50.1 Å². The lowest BCUT2D eigenvalue weighted by molar-refractivity contribution is 0.357. The van der Waals surface area contributed by atoms with E-state index in [9.17, 15) is 0 Å². The number of nitrogens with one attached hydrogen (secondary N) is 1. The zero-order chi connectivity index (χ0) is 14.5. The van der Waals surface area contributed by atoms with Crippen LogP contribution in [0.25, 0.3) is 0 Å². The number of rotatable bonds is 5. The summed E-state index contributed by atoms with van der Waals surface area (Å²) in [5.74, 6) is 0.778. The number of hydrogen-bond acceptors (Lipinski definition) is 2. The summed E-state index contributed by atoms with van der Waals surface area (Å²) in [4.78, 5) is 0. The summed E-state index contributed by atoms with van der Waals surface area (Å²) >= 11 is 2.31. The predicted octanol–water partition coefficient (Wildman–Crippen LogP) is 4.98. The fourth-order valence-corrected chi connectivity index (χ4v) is 5.94. The van der Waals surface area contributed by atoms with Gasteiger partial charge in [0.25, 0.3) is 0 Å². The lowest BCUT2D eigenvalue weighted by Gasteiger charge is -2.37. The first-order valence-electron chi connectivity index (χ1n) is 8.80. The summed E-state index contributed by atoms with van der Waals surface area (Å²) in [5.41, 5.74) is 1.56. The molecule has 2 saturated carbocycles. The summed E-state index contributed by atoms with van der Waals surface area (Å²) in [6.07, 6.45) is 9.88. The highest BCUT2D eigenvalue weighted by Gasteiger charge is 2.33. The van der Waals surface area contributed by atoms with Gasteiger partial charge in [0.05, 0.1) is 0 Å². The van der Waals surface area contributed by atoms with Gasteiger partial charge in [-0.25, -0.2) is 0 Å². The Hall–Kier alpha value is -0.470. The third-order valence-corrected chi connectivity index (χ3v) is 6.93. The Kier molecular flexibility index (Phi) is 5.65. The fraction of sp³-hybridized carbons (Fsp3) is 0.684. The van der Waals surface area contributed by atoms with Crippen molar-refractivity contribution in [3.8, 4) is 0 Å². The van der Waals surface area contributed by atoms with E-state index >= 15 is 0 Å². The van der Waals surface area contributed by atoms with E-state index in [0.29, 0.717) is 0 Å². The van der Waals surface area contributed by atoms with Crippen LogP contribution in [0, 0.1) is 0 Å². The first-order chi connectivity index (χ1) is 10.4. The van der Waals surface area contributed by atoms with Crippen LogP contribution in [0.4, 0.5) is 0 Å². The molecular weight excluding hydrogens is 274 g/mol. The summed E-state index contributed by atoms with van der Waals surface area (Å²) < 4.78 is 0. The number of benzene rings is 1. The van der Waals surface area contributed by atoms with E-state index in [-0.39, 0.29) is 0 Å². The van der Waals surface area contributed by atoms with Crippen molar-refractivity contribution < 1.29 is 0 Å². The molecule has 0 aliphatic heterocycles. The third-order valence-electron chi connectivity index (χ3n) is 5.20. The SMILES string of the molecule is CCNC1CCC(c2ccccc2)CC1SC1CCCC1. The molecule has 0 amide bonds. The molecule has 0 spiro atoms. The smallest absolute Gasteiger partial charge is 0.0209 e. The van der Waals surface area contributed by atoms with Crippen LogP contribution in [0.2, 0.25) is 0 Å². The normalized spacial score (nSPS) is 30.6. The first-order valence-corrected chi connectivity index (χ1v) is 9.75. The molecular formula is C19H29NS. The molecule has 1 aromatic rings. The molecule has 0 radical (unpaired) electrons. The second-order valence-corrected chi connectivity index (χ2v) is 8.21. The lowest BCUT2D eigenvalue weighted by atomic mass is 9.81. The van der Waals surface area contributed by atoms with Crippen LogP contribution in [0.3, 0.4) is 0 Å². The van der Waals surface area contributed by atoms with Gasteiger partial charge in [-0.15, -0.1) is 0 Å². The minimum absolute atomic E-state index is 0.737. The largest absolute Gasteiger partial charge is 0.313 e. The van der Waals surface area contributed by atoms with Crippen LogP contribution >= 0.6 is 11.8 Å². The molecule has 2 aliphatic carbocycles. The predicted molar refractivity (Wildman–Crippen MR) is 94.1 cm³/mol. The van der Waals surface area contributed by atoms with E-state index in [0.717, 1.165) is 29.0 Å². The van der Waals surface area contributed by atoms with Crippen molar-refractivity contribution in [3.63, 3.8) is 0 Å². The minimum Gasteiger partial charge on any atom is -0.313 e. The molecule has 3 atom stereocenters. The Balaban J connectivity index is 1.65. The van der Waals surface area contributed by atoms with Crippen molar-refractivity contribution in [3.05, 3.63) is 35.9 Å². The average Bonchev–Trinajstić information content (AvgIpc) is 3.03. The van der Waals surface area contributed by atoms with Crippen molar-refractivity contribution >= 4 is 11.8 Å². The third kappa shape index (κ3) is 4.04. The molecule has 0 aromatic heterocycles. The standard InChI is InChI=1S/C19H29NS/c1-2-20-18-13-12-16(15-8-4-3-5-9-15)14-19(18)21-17-10-6-7-11-17/h3-5,8-9,16-20H,2,6-7,10-14H2,1H3.